The number of nitrogens with zero attached hydrogens (tertiary/aromatic N) is 2. The van der Waals surface area contributed by atoms with Gasteiger partial charge in [-0.3, -0.25) is 4.79 Å². The average molecular weight is 455 g/mol. The van der Waals surface area contributed by atoms with E-state index in [9.17, 15) is 4.79 Å². The summed E-state index contributed by atoms with van der Waals surface area (Å²) in [5.74, 6) is 2.52. The third kappa shape index (κ3) is 5.41. The van der Waals surface area contributed by atoms with Gasteiger partial charge in [0.15, 0.2) is 5.78 Å². The zero-order valence-electron chi connectivity index (χ0n) is 19.5. The molecule has 178 valence electrons. The molecule has 2 aromatic rings. The van der Waals surface area contributed by atoms with Gasteiger partial charge >= 0.3 is 0 Å². The number of Topliss-reactive ketones (excluding diaryl/α,β-unsaturated/α-hetero) is 1. The third-order valence-corrected chi connectivity index (χ3v) is 6.97. The molecule has 0 amide bonds. The Balaban J connectivity index is 1.18. The summed E-state index contributed by atoms with van der Waals surface area (Å²) in [6, 6.07) is 8.03. The third-order valence-electron chi connectivity index (χ3n) is 6.97. The van der Waals surface area contributed by atoms with Crippen molar-refractivity contribution in [1.82, 2.24) is 9.78 Å². The van der Waals surface area contributed by atoms with Gasteiger partial charge in [0.25, 0.3) is 0 Å². The molecule has 0 bridgehead atoms. The molecule has 5 rings (SSSR count). The molecule has 7 nitrogen and oxygen atoms in total. The van der Waals surface area contributed by atoms with Gasteiger partial charge in [-0.2, -0.15) is 5.10 Å². The van der Waals surface area contributed by atoms with Crippen LogP contribution in [0.4, 0.5) is 0 Å². The van der Waals surface area contributed by atoms with Crippen molar-refractivity contribution in [3.63, 3.8) is 0 Å². The Hall–Kier alpha value is -2.38. The first-order valence-electron chi connectivity index (χ1n) is 12.4. The molecule has 0 aliphatic carbocycles. The minimum Gasteiger partial charge on any atom is -0.493 e. The Morgan fingerprint density at radius 2 is 2.06 bits per heavy atom. The molecule has 2 atom stereocenters. The second-order valence-corrected chi connectivity index (χ2v) is 9.50. The van der Waals surface area contributed by atoms with Crippen molar-refractivity contribution in [2.45, 2.75) is 64.7 Å². The summed E-state index contributed by atoms with van der Waals surface area (Å²) < 4.78 is 25.0. The van der Waals surface area contributed by atoms with Gasteiger partial charge in [-0.1, -0.05) is 6.07 Å². The number of hydrogen-bond acceptors (Lipinski definition) is 6. The van der Waals surface area contributed by atoms with Crippen LogP contribution >= 0.6 is 0 Å². The highest BCUT2D eigenvalue weighted by molar-refractivity contribution is 5.94. The van der Waals surface area contributed by atoms with Crippen molar-refractivity contribution in [2.75, 3.05) is 26.4 Å². The van der Waals surface area contributed by atoms with Crippen molar-refractivity contribution in [1.29, 1.82) is 0 Å². The Kier molecular flexibility index (Phi) is 6.97. The van der Waals surface area contributed by atoms with Crippen LogP contribution in [0, 0.1) is 11.8 Å². The van der Waals surface area contributed by atoms with Crippen molar-refractivity contribution in [2.24, 2.45) is 11.8 Å². The molecule has 7 heteroatoms. The number of hydrogen-bond donors (Lipinski definition) is 0. The fourth-order valence-corrected chi connectivity index (χ4v) is 5.13. The molecule has 0 N–H and O–H groups in total. The minimum atomic E-state index is 0.0593. The summed E-state index contributed by atoms with van der Waals surface area (Å²) >= 11 is 0. The van der Waals surface area contributed by atoms with Crippen LogP contribution in [0.25, 0.3) is 0 Å². The second-order valence-electron chi connectivity index (χ2n) is 9.50. The summed E-state index contributed by atoms with van der Waals surface area (Å²) in [4.78, 5) is 13.0. The lowest BCUT2D eigenvalue weighted by Gasteiger charge is -2.29. The lowest BCUT2D eigenvalue weighted by Crippen LogP contribution is -2.30. The van der Waals surface area contributed by atoms with E-state index in [0.717, 1.165) is 74.6 Å². The minimum absolute atomic E-state index is 0.0593. The highest BCUT2D eigenvalue weighted by atomic mass is 16.5. The summed E-state index contributed by atoms with van der Waals surface area (Å²) in [6.07, 6.45) is 5.69. The second kappa shape index (κ2) is 10.3. The molecule has 1 aromatic carbocycles. The van der Waals surface area contributed by atoms with Crippen molar-refractivity contribution < 1.29 is 23.7 Å². The van der Waals surface area contributed by atoms with E-state index in [1.165, 1.54) is 0 Å². The number of aromatic nitrogens is 2. The Morgan fingerprint density at radius 3 is 2.91 bits per heavy atom. The normalized spacial score (nSPS) is 22.7. The molecular formula is C26H34N2O5. The smallest absolute Gasteiger partial charge is 0.212 e. The molecule has 4 heterocycles. The zero-order chi connectivity index (χ0) is 22.6. The van der Waals surface area contributed by atoms with Crippen LogP contribution in [0.15, 0.2) is 24.3 Å². The maximum absolute atomic E-state index is 13.0. The van der Waals surface area contributed by atoms with Gasteiger partial charge < -0.3 is 18.9 Å². The molecule has 1 fully saturated rings. The van der Waals surface area contributed by atoms with Crippen LogP contribution in [0.2, 0.25) is 0 Å². The predicted octanol–water partition coefficient (Wildman–Crippen LogP) is 4.21. The Labute approximate surface area is 195 Å². The van der Waals surface area contributed by atoms with Gasteiger partial charge in [0.1, 0.15) is 17.5 Å². The first kappa shape index (κ1) is 22.4. The first-order valence-corrected chi connectivity index (χ1v) is 12.4. The number of rotatable bonds is 8. The number of carbonyl (C=O) groups excluding carboxylic acids is 1. The lowest BCUT2D eigenvalue weighted by atomic mass is 9.91. The molecule has 2 unspecified atom stereocenters. The van der Waals surface area contributed by atoms with Crippen LogP contribution in [0.5, 0.6) is 11.6 Å². The van der Waals surface area contributed by atoms with Gasteiger partial charge in [0.2, 0.25) is 5.88 Å². The van der Waals surface area contributed by atoms with Gasteiger partial charge in [0.05, 0.1) is 13.2 Å². The topological polar surface area (TPSA) is 71.8 Å². The molecule has 3 aliphatic heterocycles. The maximum atomic E-state index is 13.0. The van der Waals surface area contributed by atoms with Crippen LogP contribution in [-0.2, 0) is 29.0 Å². The monoisotopic (exact) mass is 454 g/mol. The van der Waals surface area contributed by atoms with Crippen LogP contribution in [0.1, 0.15) is 60.6 Å². The van der Waals surface area contributed by atoms with Crippen LogP contribution < -0.4 is 9.47 Å². The highest BCUT2D eigenvalue weighted by Crippen LogP contribution is 2.32. The highest BCUT2D eigenvalue weighted by Gasteiger charge is 2.28. The van der Waals surface area contributed by atoms with E-state index in [-0.39, 0.29) is 17.8 Å². The van der Waals surface area contributed by atoms with Gasteiger partial charge in [0, 0.05) is 51.2 Å². The number of benzene rings is 1. The van der Waals surface area contributed by atoms with Crippen LogP contribution in [0.3, 0.4) is 0 Å². The van der Waals surface area contributed by atoms with Gasteiger partial charge in [-0.25, -0.2) is 4.68 Å². The van der Waals surface area contributed by atoms with E-state index in [1.54, 1.807) is 0 Å². The zero-order valence-corrected chi connectivity index (χ0v) is 19.5. The Morgan fingerprint density at radius 1 is 1.18 bits per heavy atom. The van der Waals surface area contributed by atoms with E-state index < -0.39 is 0 Å². The molecule has 1 saturated heterocycles. The molecule has 0 saturated carbocycles. The number of ether oxygens (including phenoxy) is 4. The molecular weight excluding hydrogens is 420 g/mol. The first-order chi connectivity index (χ1) is 16.2. The molecule has 3 aliphatic rings. The van der Waals surface area contributed by atoms with Gasteiger partial charge in [-0.15, -0.1) is 0 Å². The summed E-state index contributed by atoms with van der Waals surface area (Å²) in [7, 11) is 0. The maximum Gasteiger partial charge on any atom is 0.212 e. The van der Waals surface area contributed by atoms with E-state index in [4.69, 9.17) is 18.9 Å². The molecule has 0 spiro atoms. The van der Waals surface area contributed by atoms with E-state index in [0.29, 0.717) is 37.9 Å². The predicted molar refractivity (Wildman–Crippen MR) is 123 cm³/mol. The summed E-state index contributed by atoms with van der Waals surface area (Å²) in [5.41, 5.74) is 2.80. The van der Waals surface area contributed by atoms with E-state index in [2.05, 4.69) is 11.2 Å². The standard InChI is InChI=1S/C26H34N2O5/c1-2-30-16-19-3-4-25-21(11-19)12-20(17-32-25)14-24(29)23-15-26-28(27-23)8-5-22(33-26)13-18-6-9-31-10-7-18/h3-4,11,15,18,20,22H,2,5-10,12-14,16-17H2,1H3. The number of fused-ring (bicyclic) bond motifs is 2. The Bertz CT molecular complexity index is 966. The average Bonchev–Trinajstić information content (AvgIpc) is 3.27. The van der Waals surface area contributed by atoms with Gasteiger partial charge in [-0.05, 0) is 61.8 Å². The van der Waals surface area contributed by atoms with Crippen molar-refractivity contribution >= 4 is 5.78 Å². The lowest BCUT2D eigenvalue weighted by molar-refractivity contribution is 0.0388. The molecule has 1 aromatic heterocycles. The SMILES string of the molecule is CCOCc1ccc2c(c1)CC(CC(=O)c1cc3n(n1)CCC(CC1CCOCC1)O3)CO2. The molecule has 0 radical (unpaired) electrons. The number of carbonyl (C=O) groups is 1. The van der Waals surface area contributed by atoms with E-state index >= 15 is 0 Å². The largest absolute Gasteiger partial charge is 0.493 e. The fraction of sp³-hybridized carbons (Fsp3) is 0.615. The molecule has 33 heavy (non-hydrogen) atoms. The fourth-order valence-electron chi connectivity index (χ4n) is 5.13. The summed E-state index contributed by atoms with van der Waals surface area (Å²) in [5, 5.41) is 4.55. The number of aryl methyl sites for hydroxylation is 1. The van der Waals surface area contributed by atoms with Crippen molar-refractivity contribution in [3.8, 4) is 11.6 Å². The quantitative estimate of drug-likeness (QED) is 0.557. The van der Waals surface area contributed by atoms with Crippen LogP contribution in [-0.4, -0.2) is 48.1 Å². The van der Waals surface area contributed by atoms with Crippen molar-refractivity contribution in [3.05, 3.63) is 41.1 Å². The van der Waals surface area contributed by atoms with E-state index in [1.807, 2.05) is 29.8 Å². The number of ketones is 1. The summed E-state index contributed by atoms with van der Waals surface area (Å²) in [6.45, 7) is 6.37.